The van der Waals surface area contributed by atoms with Crippen LogP contribution in [0.1, 0.15) is 46.0 Å². The lowest BCUT2D eigenvalue weighted by atomic mass is 9.88. The highest BCUT2D eigenvalue weighted by Crippen LogP contribution is 2.37. The van der Waals surface area contributed by atoms with Gasteiger partial charge in [-0.15, -0.1) is 0 Å². The number of aliphatic carboxylic acids is 1. The third-order valence-electron chi connectivity index (χ3n) is 4.62. The van der Waals surface area contributed by atoms with E-state index in [0.717, 1.165) is 19.3 Å². The zero-order valence-corrected chi connectivity index (χ0v) is 12.9. The van der Waals surface area contributed by atoms with Gasteiger partial charge < -0.3 is 5.11 Å². The Hall–Kier alpha value is -0.660. The highest BCUT2D eigenvalue weighted by Gasteiger charge is 2.39. The molecule has 1 heterocycles. The highest BCUT2D eigenvalue weighted by atomic mass is 32.2. The van der Waals surface area contributed by atoms with Crippen LogP contribution in [0.3, 0.4) is 0 Å². The third kappa shape index (κ3) is 3.32. The molecular weight excluding hydrogens is 280 g/mol. The maximum atomic E-state index is 12.4. The van der Waals surface area contributed by atoms with Gasteiger partial charge in [0, 0.05) is 19.1 Å². The van der Waals surface area contributed by atoms with Gasteiger partial charge in [-0.05, 0) is 31.1 Å². The first kappa shape index (κ1) is 15.7. The molecule has 2 fully saturated rings. The highest BCUT2D eigenvalue weighted by molar-refractivity contribution is 7.87. The van der Waals surface area contributed by atoms with Gasteiger partial charge in [-0.2, -0.15) is 17.4 Å². The van der Waals surface area contributed by atoms with Crippen LogP contribution in [0.25, 0.3) is 0 Å². The number of hydrogen-bond acceptors (Lipinski definition) is 3. The van der Waals surface area contributed by atoms with Crippen molar-refractivity contribution in [1.29, 1.82) is 0 Å². The van der Waals surface area contributed by atoms with Crippen LogP contribution in [0, 0.1) is 11.3 Å². The minimum atomic E-state index is -3.58. The molecule has 0 amide bonds. The summed E-state index contributed by atoms with van der Waals surface area (Å²) in [6.07, 6.45) is 4.04. The molecule has 2 aliphatic rings. The van der Waals surface area contributed by atoms with E-state index in [-0.39, 0.29) is 18.0 Å². The van der Waals surface area contributed by atoms with Gasteiger partial charge in [0.15, 0.2) is 0 Å². The molecule has 0 aromatic heterocycles. The first-order valence-electron chi connectivity index (χ1n) is 7.22. The number of rotatable bonds is 4. The smallest absolute Gasteiger partial charge is 0.307 e. The van der Waals surface area contributed by atoms with Crippen LogP contribution in [-0.4, -0.2) is 42.9 Å². The average Bonchev–Trinajstić information content (AvgIpc) is 2.68. The molecule has 6 nitrogen and oxygen atoms in total. The van der Waals surface area contributed by atoms with Gasteiger partial charge in [-0.1, -0.05) is 20.3 Å². The Kier molecular flexibility index (Phi) is 4.41. The molecule has 2 N–H and O–H groups in total. The second kappa shape index (κ2) is 5.61. The van der Waals surface area contributed by atoms with Crippen molar-refractivity contribution in [3.63, 3.8) is 0 Å². The number of carboxylic acids is 1. The van der Waals surface area contributed by atoms with E-state index in [1.54, 1.807) is 0 Å². The fraction of sp³-hybridized carbons (Fsp3) is 0.923. The Morgan fingerprint density at radius 3 is 2.55 bits per heavy atom. The van der Waals surface area contributed by atoms with Gasteiger partial charge in [-0.25, -0.2) is 0 Å². The Bertz CT molecular complexity index is 475. The van der Waals surface area contributed by atoms with Crippen LogP contribution in [0.15, 0.2) is 0 Å². The minimum absolute atomic E-state index is 0.0327. The second-order valence-corrected chi connectivity index (χ2v) is 8.29. The third-order valence-corrected chi connectivity index (χ3v) is 6.22. The van der Waals surface area contributed by atoms with Crippen LogP contribution in [0.5, 0.6) is 0 Å². The van der Waals surface area contributed by atoms with Crippen molar-refractivity contribution >= 4 is 16.2 Å². The fourth-order valence-corrected chi connectivity index (χ4v) is 4.85. The van der Waals surface area contributed by atoms with Gasteiger partial charge in [0.25, 0.3) is 10.2 Å². The normalized spacial score (nSPS) is 31.3. The molecule has 116 valence electrons. The quantitative estimate of drug-likeness (QED) is 0.817. The van der Waals surface area contributed by atoms with E-state index < -0.39 is 22.1 Å². The number of nitrogens with one attached hydrogen (secondary N) is 1. The second-order valence-electron chi connectivity index (χ2n) is 6.59. The summed E-state index contributed by atoms with van der Waals surface area (Å²) in [4.78, 5) is 11.0. The van der Waals surface area contributed by atoms with E-state index in [4.69, 9.17) is 5.11 Å². The van der Waals surface area contributed by atoms with Gasteiger partial charge in [0.1, 0.15) is 0 Å². The summed E-state index contributed by atoms with van der Waals surface area (Å²) >= 11 is 0. The summed E-state index contributed by atoms with van der Waals surface area (Å²) in [6, 6.07) is -0.0577. The first-order valence-corrected chi connectivity index (χ1v) is 8.66. The molecular formula is C13H24N2O4S. The minimum Gasteiger partial charge on any atom is -0.481 e. The number of piperidine rings is 1. The lowest BCUT2D eigenvalue weighted by Gasteiger charge is -2.33. The molecule has 1 aliphatic heterocycles. The van der Waals surface area contributed by atoms with E-state index in [1.807, 2.05) is 0 Å². The summed E-state index contributed by atoms with van der Waals surface area (Å²) < 4.78 is 28.9. The molecule has 1 saturated heterocycles. The van der Waals surface area contributed by atoms with Gasteiger partial charge in [0.2, 0.25) is 0 Å². The zero-order chi connectivity index (χ0) is 15.0. The molecule has 0 spiro atoms. The molecule has 0 radical (unpaired) electrons. The number of nitrogens with zero attached hydrogens (tertiary/aromatic N) is 1. The van der Waals surface area contributed by atoms with Crippen LogP contribution in [0.2, 0.25) is 0 Å². The Balaban J connectivity index is 2.05. The summed E-state index contributed by atoms with van der Waals surface area (Å²) in [7, 11) is -3.58. The Morgan fingerprint density at radius 2 is 2.00 bits per heavy atom. The SMILES string of the molecule is CC1(C)CCCC1NS(=O)(=O)N1CCCC(C(=O)O)C1. The largest absolute Gasteiger partial charge is 0.481 e. The van der Waals surface area contributed by atoms with E-state index in [9.17, 15) is 13.2 Å². The summed E-state index contributed by atoms with van der Waals surface area (Å²) in [5.74, 6) is -1.50. The fourth-order valence-electron chi connectivity index (χ4n) is 3.16. The maximum Gasteiger partial charge on any atom is 0.307 e. The molecule has 20 heavy (non-hydrogen) atoms. The van der Waals surface area contributed by atoms with Crippen molar-refractivity contribution in [1.82, 2.24) is 9.03 Å². The lowest BCUT2D eigenvalue weighted by molar-refractivity contribution is -0.142. The number of carbonyl (C=O) groups is 1. The molecule has 0 aromatic rings. The van der Waals surface area contributed by atoms with Crippen molar-refractivity contribution in [3.8, 4) is 0 Å². The molecule has 2 rings (SSSR count). The molecule has 1 aliphatic carbocycles. The van der Waals surface area contributed by atoms with Gasteiger partial charge in [-0.3, -0.25) is 4.79 Å². The van der Waals surface area contributed by atoms with Crippen molar-refractivity contribution in [2.24, 2.45) is 11.3 Å². The monoisotopic (exact) mass is 304 g/mol. The Morgan fingerprint density at radius 1 is 1.30 bits per heavy atom. The van der Waals surface area contributed by atoms with Gasteiger partial charge in [0.05, 0.1) is 5.92 Å². The van der Waals surface area contributed by atoms with Crippen molar-refractivity contribution < 1.29 is 18.3 Å². The van der Waals surface area contributed by atoms with Crippen LogP contribution >= 0.6 is 0 Å². The molecule has 7 heteroatoms. The maximum absolute atomic E-state index is 12.4. The van der Waals surface area contributed by atoms with Gasteiger partial charge >= 0.3 is 5.97 Å². The average molecular weight is 304 g/mol. The first-order chi connectivity index (χ1) is 9.22. The van der Waals surface area contributed by atoms with E-state index in [2.05, 4.69) is 18.6 Å². The van der Waals surface area contributed by atoms with Crippen molar-refractivity contribution in [3.05, 3.63) is 0 Å². The lowest BCUT2D eigenvalue weighted by Crippen LogP contribution is -2.52. The van der Waals surface area contributed by atoms with Crippen LogP contribution < -0.4 is 4.72 Å². The number of hydrogen-bond donors (Lipinski definition) is 2. The van der Waals surface area contributed by atoms with E-state index in [1.165, 1.54) is 4.31 Å². The topological polar surface area (TPSA) is 86.7 Å². The molecule has 0 bridgehead atoms. The summed E-state index contributed by atoms with van der Waals surface area (Å²) in [5, 5.41) is 9.05. The van der Waals surface area contributed by atoms with Crippen molar-refractivity contribution in [2.45, 2.75) is 52.0 Å². The standard InChI is InChI=1S/C13H24N2O4S/c1-13(2)7-3-6-11(13)14-20(18,19)15-8-4-5-10(9-15)12(16)17/h10-11,14H,3-9H2,1-2H3,(H,16,17). The number of carboxylic acid groups (broad SMARTS) is 1. The zero-order valence-electron chi connectivity index (χ0n) is 12.1. The van der Waals surface area contributed by atoms with Crippen LogP contribution in [-0.2, 0) is 15.0 Å². The summed E-state index contributed by atoms with van der Waals surface area (Å²) in [6.45, 7) is 4.64. The molecule has 0 aromatic carbocycles. The van der Waals surface area contributed by atoms with Crippen molar-refractivity contribution in [2.75, 3.05) is 13.1 Å². The van der Waals surface area contributed by atoms with E-state index >= 15 is 0 Å². The van der Waals surface area contributed by atoms with Crippen LogP contribution in [0.4, 0.5) is 0 Å². The van der Waals surface area contributed by atoms with E-state index in [0.29, 0.717) is 19.4 Å². The molecule has 2 atom stereocenters. The predicted molar refractivity (Wildman–Crippen MR) is 75.4 cm³/mol. The molecule has 2 unspecified atom stereocenters. The molecule has 1 saturated carbocycles. The Labute approximate surface area is 120 Å². The summed E-state index contributed by atoms with van der Waals surface area (Å²) in [5.41, 5.74) is -0.0327. The predicted octanol–water partition coefficient (Wildman–Crippen LogP) is 1.20.